The average Bonchev–Trinajstić information content (AvgIpc) is 2.64. The summed E-state index contributed by atoms with van der Waals surface area (Å²) >= 11 is 0. The van der Waals surface area contributed by atoms with Gasteiger partial charge in [-0.15, -0.1) is 0 Å². The molecule has 0 atom stereocenters. The van der Waals surface area contributed by atoms with Crippen LogP contribution in [0.4, 0.5) is 11.6 Å². The second-order valence-corrected chi connectivity index (χ2v) is 3.68. The van der Waals surface area contributed by atoms with Crippen molar-refractivity contribution in [2.75, 3.05) is 11.1 Å². The smallest absolute Gasteiger partial charge is 0.231 e. The first-order chi connectivity index (χ1) is 8.15. The molecule has 0 saturated carbocycles. The van der Waals surface area contributed by atoms with Gasteiger partial charge in [-0.2, -0.15) is 10.1 Å². The second kappa shape index (κ2) is 4.65. The molecule has 0 radical (unpaired) electrons. The molecule has 0 bridgehead atoms. The van der Waals surface area contributed by atoms with E-state index in [0.717, 1.165) is 5.56 Å². The van der Waals surface area contributed by atoms with Crippen LogP contribution in [0.2, 0.25) is 0 Å². The first kappa shape index (κ1) is 11.1. The molecule has 2 rings (SSSR count). The van der Waals surface area contributed by atoms with Gasteiger partial charge in [-0.25, -0.2) is 4.68 Å². The molecule has 1 aromatic heterocycles. The molecule has 0 fully saturated rings. The minimum Gasteiger partial charge on any atom is -0.399 e. The van der Waals surface area contributed by atoms with Crippen molar-refractivity contribution in [1.29, 1.82) is 0 Å². The van der Waals surface area contributed by atoms with Crippen LogP contribution in [-0.4, -0.2) is 20.7 Å². The highest BCUT2D eigenvalue weighted by molar-refractivity contribution is 5.90. The number of anilines is 2. The first-order valence-corrected chi connectivity index (χ1v) is 5.13. The van der Waals surface area contributed by atoms with E-state index in [0.29, 0.717) is 11.6 Å². The van der Waals surface area contributed by atoms with Gasteiger partial charge in [-0.3, -0.25) is 10.1 Å². The summed E-state index contributed by atoms with van der Waals surface area (Å²) in [7, 11) is 1.71. The van der Waals surface area contributed by atoms with Gasteiger partial charge in [0.1, 0.15) is 6.33 Å². The topological polar surface area (TPSA) is 85.8 Å². The van der Waals surface area contributed by atoms with Crippen LogP contribution in [0.25, 0.3) is 0 Å². The standard InChI is InChI=1S/C11H13N5O/c1-16-11(13-7-14-16)15-10(17)6-8-3-2-4-9(12)5-8/h2-5,7H,6,12H2,1H3,(H,13,14,15,17). The highest BCUT2D eigenvalue weighted by Gasteiger charge is 2.07. The van der Waals surface area contributed by atoms with Crippen molar-refractivity contribution in [2.24, 2.45) is 7.05 Å². The molecular weight excluding hydrogens is 218 g/mol. The third-order valence-corrected chi connectivity index (χ3v) is 2.28. The third kappa shape index (κ3) is 2.81. The Morgan fingerprint density at radius 3 is 3.00 bits per heavy atom. The third-order valence-electron chi connectivity index (χ3n) is 2.28. The Labute approximate surface area is 98.5 Å². The van der Waals surface area contributed by atoms with Crippen molar-refractivity contribution >= 4 is 17.5 Å². The number of carbonyl (C=O) groups is 1. The molecule has 0 spiro atoms. The fraction of sp³-hybridized carbons (Fsp3) is 0.182. The van der Waals surface area contributed by atoms with E-state index in [-0.39, 0.29) is 12.3 Å². The summed E-state index contributed by atoms with van der Waals surface area (Å²) in [4.78, 5) is 15.6. The lowest BCUT2D eigenvalue weighted by Gasteiger charge is -2.04. The molecule has 17 heavy (non-hydrogen) atoms. The highest BCUT2D eigenvalue weighted by atomic mass is 16.1. The van der Waals surface area contributed by atoms with Crippen molar-refractivity contribution in [1.82, 2.24) is 14.8 Å². The molecule has 0 aliphatic carbocycles. The molecular formula is C11H13N5O. The number of nitrogen functional groups attached to an aromatic ring is 1. The molecule has 0 saturated heterocycles. The summed E-state index contributed by atoms with van der Waals surface area (Å²) < 4.78 is 1.50. The molecule has 6 nitrogen and oxygen atoms in total. The number of nitrogens with zero attached hydrogens (tertiary/aromatic N) is 3. The maximum atomic E-state index is 11.7. The second-order valence-electron chi connectivity index (χ2n) is 3.68. The summed E-state index contributed by atoms with van der Waals surface area (Å²) in [5.41, 5.74) is 7.15. The maximum Gasteiger partial charge on any atom is 0.231 e. The van der Waals surface area contributed by atoms with E-state index in [2.05, 4.69) is 15.4 Å². The summed E-state index contributed by atoms with van der Waals surface area (Å²) in [6, 6.07) is 7.23. The van der Waals surface area contributed by atoms with E-state index < -0.39 is 0 Å². The lowest BCUT2D eigenvalue weighted by Crippen LogP contribution is -2.17. The summed E-state index contributed by atoms with van der Waals surface area (Å²) in [5, 5.41) is 6.53. The quantitative estimate of drug-likeness (QED) is 0.756. The Morgan fingerprint density at radius 1 is 1.53 bits per heavy atom. The normalized spacial score (nSPS) is 10.2. The van der Waals surface area contributed by atoms with Crippen molar-refractivity contribution in [3.63, 3.8) is 0 Å². The number of hydrogen-bond acceptors (Lipinski definition) is 4. The SMILES string of the molecule is Cn1ncnc1NC(=O)Cc1cccc(N)c1. The van der Waals surface area contributed by atoms with Crippen LogP contribution in [-0.2, 0) is 18.3 Å². The van der Waals surface area contributed by atoms with Gasteiger partial charge in [0, 0.05) is 12.7 Å². The van der Waals surface area contributed by atoms with Crippen LogP contribution in [0.5, 0.6) is 0 Å². The van der Waals surface area contributed by atoms with Crippen molar-refractivity contribution < 1.29 is 4.79 Å². The van der Waals surface area contributed by atoms with Crippen molar-refractivity contribution in [2.45, 2.75) is 6.42 Å². The highest BCUT2D eigenvalue weighted by Crippen LogP contribution is 2.08. The van der Waals surface area contributed by atoms with Crippen LogP contribution in [0.3, 0.4) is 0 Å². The number of aryl methyl sites for hydroxylation is 1. The van der Waals surface area contributed by atoms with Crippen LogP contribution in [0, 0.1) is 0 Å². The number of carbonyl (C=O) groups excluding carboxylic acids is 1. The van der Waals surface area contributed by atoms with Gasteiger partial charge in [0.2, 0.25) is 11.9 Å². The van der Waals surface area contributed by atoms with Crippen LogP contribution in [0.15, 0.2) is 30.6 Å². The Hall–Kier alpha value is -2.37. The fourth-order valence-electron chi connectivity index (χ4n) is 1.47. The van der Waals surface area contributed by atoms with E-state index in [1.165, 1.54) is 11.0 Å². The largest absolute Gasteiger partial charge is 0.399 e. The van der Waals surface area contributed by atoms with Gasteiger partial charge in [0.25, 0.3) is 0 Å². The molecule has 0 unspecified atom stereocenters. The maximum absolute atomic E-state index is 11.7. The fourth-order valence-corrected chi connectivity index (χ4v) is 1.47. The van der Waals surface area contributed by atoms with E-state index >= 15 is 0 Å². The molecule has 0 aliphatic heterocycles. The molecule has 2 aromatic rings. The van der Waals surface area contributed by atoms with Crippen molar-refractivity contribution in [3.05, 3.63) is 36.2 Å². The van der Waals surface area contributed by atoms with Gasteiger partial charge in [-0.1, -0.05) is 12.1 Å². The lowest BCUT2D eigenvalue weighted by molar-refractivity contribution is -0.115. The molecule has 1 heterocycles. The number of amides is 1. The molecule has 0 aliphatic rings. The summed E-state index contributed by atoms with van der Waals surface area (Å²) in [6.45, 7) is 0. The van der Waals surface area contributed by atoms with Gasteiger partial charge in [0.15, 0.2) is 0 Å². The van der Waals surface area contributed by atoms with Gasteiger partial charge >= 0.3 is 0 Å². The van der Waals surface area contributed by atoms with Gasteiger partial charge in [0.05, 0.1) is 6.42 Å². The Bertz CT molecular complexity index is 534. The Morgan fingerprint density at radius 2 is 2.35 bits per heavy atom. The van der Waals surface area contributed by atoms with E-state index in [1.54, 1.807) is 19.2 Å². The van der Waals surface area contributed by atoms with E-state index in [1.807, 2.05) is 12.1 Å². The van der Waals surface area contributed by atoms with E-state index in [9.17, 15) is 4.79 Å². The summed E-state index contributed by atoms with van der Waals surface area (Å²) in [6.07, 6.45) is 1.65. The first-order valence-electron chi connectivity index (χ1n) is 5.13. The average molecular weight is 231 g/mol. The minimum atomic E-state index is -0.147. The number of benzene rings is 1. The molecule has 88 valence electrons. The monoisotopic (exact) mass is 231 g/mol. The number of nitrogens with two attached hydrogens (primary N) is 1. The zero-order valence-electron chi connectivity index (χ0n) is 9.42. The molecule has 6 heteroatoms. The van der Waals surface area contributed by atoms with Crippen LogP contribution >= 0.6 is 0 Å². The van der Waals surface area contributed by atoms with Crippen LogP contribution < -0.4 is 11.1 Å². The molecule has 3 N–H and O–H groups in total. The van der Waals surface area contributed by atoms with Gasteiger partial charge < -0.3 is 5.73 Å². The number of nitrogens with one attached hydrogen (secondary N) is 1. The zero-order chi connectivity index (χ0) is 12.3. The zero-order valence-corrected chi connectivity index (χ0v) is 9.42. The number of hydrogen-bond donors (Lipinski definition) is 2. The van der Waals surface area contributed by atoms with Crippen molar-refractivity contribution in [3.8, 4) is 0 Å². The van der Waals surface area contributed by atoms with E-state index in [4.69, 9.17) is 5.73 Å². The Kier molecular flexibility index (Phi) is 3.04. The number of rotatable bonds is 3. The van der Waals surface area contributed by atoms with Crippen LogP contribution in [0.1, 0.15) is 5.56 Å². The lowest BCUT2D eigenvalue weighted by atomic mass is 10.1. The minimum absolute atomic E-state index is 0.147. The molecule has 1 amide bonds. The predicted molar refractivity (Wildman–Crippen MR) is 64.2 cm³/mol. The molecule has 1 aromatic carbocycles. The summed E-state index contributed by atoms with van der Waals surface area (Å²) in [5.74, 6) is 0.283. The Balaban J connectivity index is 2.01. The predicted octanol–water partition coefficient (Wildman–Crippen LogP) is 0.578. The number of aromatic nitrogens is 3. The van der Waals surface area contributed by atoms with Gasteiger partial charge in [-0.05, 0) is 17.7 Å².